The minimum Gasteiger partial charge on any atom is -0.481 e. The molecular weight excluding hydrogens is 606 g/mol. The first kappa shape index (κ1) is 36.7. The number of aliphatic hydroxyl groups is 2. The van der Waals surface area contributed by atoms with Gasteiger partial charge in [0.05, 0.1) is 25.4 Å². The molecule has 0 spiro atoms. The van der Waals surface area contributed by atoms with Crippen LogP contribution in [-0.4, -0.2) is 52.1 Å². The number of methoxy groups -OCH3 is 2. The van der Waals surface area contributed by atoms with Crippen molar-refractivity contribution in [1.82, 2.24) is 15.3 Å². The zero-order valence-corrected chi connectivity index (χ0v) is 29.6. The molecule has 0 aliphatic rings. The quantitative estimate of drug-likeness (QED) is 0.112. The Morgan fingerprint density at radius 3 is 1.62 bits per heavy atom. The molecule has 2 aromatic heterocycles. The molecule has 0 saturated carbocycles. The van der Waals surface area contributed by atoms with Crippen LogP contribution in [-0.2, 0) is 26.2 Å². The maximum Gasteiger partial charge on any atom is 0.220 e. The lowest BCUT2D eigenvalue weighted by Gasteiger charge is -2.18. The van der Waals surface area contributed by atoms with E-state index in [0.29, 0.717) is 56.2 Å². The Kier molecular flexibility index (Phi) is 12.4. The van der Waals surface area contributed by atoms with Gasteiger partial charge in [0.1, 0.15) is 13.2 Å². The third-order valence-corrected chi connectivity index (χ3v) is 8.25. The molecule has 0 aliphatic heterocycles. The van der Waals surface area contributed by atoms with Crippen molar-refractivity contribution in [2.45, 2.75) is 91.8 Å². The first-order chi connectivity index (χ1) is 22.8. The van der Waals surface area contributed by atoms with Gasteiger partial charge >= 0.3 is 0 Å². The Labute approximate surface area is 285 Å². The van der Waals surface area contributed by atoms with Crippen molar-refractivity contribution in [3.8, 4) is 34.6 Å². The van der Waals surface area contributed by atoms with Gasteiger partial charge in [-0.15, -0.1) is 0 Å². The molecule has 0 fully saturated rings. The average molecular weight is 658 g/mol. The number of aryl methyl sites for hydroxylation is 1. The van der Waals surface area contributed by atoms with E-state index in [4.69, 9.17) is 18.9 Å². The Bertz CT molecular complexity index is 1540. The van der Waals surface area contributed by atoms with Gasteiger partial charge < -0.3 is 34.5 Å². The van der Waals surface area contributed by atoms with Crippen LogP contribution in [0, 0.1) is 13.8 Å². The third kappa shape index (κ3) is 10.4. The molecule has 4 aromatic rings. The lowest BCUT2D eigenvalue weighted by Crippen LogP contribution is -2.34. The molecule has 48 heavy (non-hydrogen) atoms. The van der Waals surface area contributed by atoms with E-state index >= 15 is 0 Å². The molecule has 9 heteroatoms. The van der Waals surface area contributed by atoms with Crippen LogP contribution in [0.4, 0.5) is 0 Å². The summed E-state index contributed by atoms with van der Waals surface area (Å²) in [7, 11) is 3.21. The molecule has 2 aromatic carbocycles. The number of aromatic nitrogens is 2. The highest BCUT2D eigenvalue weighted by Gasteiger charge is 2.16. The van der Waals surface area contributed by atoms with Crippen molar-refractivity contribution in [3.63, 3.8) is 0 Å². The minimum atomic E-state index is -0.803. The number of hydrogen-bond acceptors (Lipinski definition) is 9. The zero-order chi connectivity index (χ0) is 34.9. The van der Waals surface area contributed by atoms with Crippen LogP contribution in [0.5, 0.6) is 23.5 Å². The minimum absolute atomic E-state index is 0.356. The smallest absolute Gasteiger partial charge is 0.220 e. The summed E-state index contributed by atoms with van der Waals surface area (Å²) in [4.78, 5) is 9.15. The number of nitrogens with one attached hydrogen (secondary N) is 1. The Morgan fingerprint density at radius 1 is 0.646 bits per heavy atom. The molecule has 3 N–H and O–H groups in total. The van der Waals surface area contributed by atoms with E-state index in [1.165, 1.54) is 0 Å². The SMILES string of the molecule is COc1nc(OCc2cccc(-c3cccc(COc4ccc(CNCC(C)(C)O)c(OC)n4)c3C)c2C)ccc1CCCC(C)(C)O. The van der Waals surface area contributed by atoms with Gasteiger partial charge in [-0.25, -0.2) is 0 Å². The zero-order valence-electron chi connectivity index (χ0n) is 29.6. The number of nitrogens with zero attached hydrogens (tertiary/aromatic N) is 2. The normalized spacial score (nSPS) is 11.8. The fourth-order valence-electron chi connectivity index (χ4n) is 5.52. The van der Waals surface area contributed by atoms with Crippen molar-refractivity contribution < 1.29 is 29.2 Å². The van der Waals surface area contributed by atoms with Crippen molar-refractivity contribution >= 4 is 0 Å². The predicted molar refractivity (Wildman–Crippen MR) is 189 cm³/mol. The highest BCUT2D eigenvalue weighted by molar-refractivity contribution is 5.72. The lowest BCUT2D eigenvalue weighted by atomic mass is 9.92. The van der Waals surface area contributed by atoms with Crippen molar-refractivity contribution in [1.29, 1.82) is 0 Å². The number of rotatable bonds is 17. The fraction of sp³-hybridized carbons (Fsp3) is 0.436. The maximum absolute atomic E-state index is 10.0. The average Bonchev–Trinajstić information content (AvgIpc) is 3.03. The predicted octanol–water partition coefficient (Wildman–Crippen LogP) is 6.89. The van der Waals surface area contributed by atoms with Gasteiger partial charge in [0, 0.05) is 36.3 Å². The van der Waals surface area contributed by atoms with E-state index in [0.717, 1.165) is 57.3 Å². The molecular formula is C39H51N3O6. The highest BCUT2D eigenvalue weighted by atomic mass is 16.5. The molecule has 258 valence electrons. The molecule has 0 bridgehead atoms. The summed E-state index contributed by atoms with van der Waals surface area (Å²) in [5.74, 6) is 2.02. The van der Waals surface area contributed by atoms with Crippen LogP contribution in [0.25, 0.3) is 11.1 Å². The van der Waals surface area contributed by atoms with E-state index in [1.54, 1.807) is 28.1 Å². The number of pyridine rings is 2. The molecule has 4 rings (SSSR count). The highest BCUT2D eigenvalue weighted by Crippen LogP contribution is 2.32. The van der Waals surface area contributed by atoms with Crippen LogP contribution in [0.1, 0.15) is 73.9 Å². The second-order valence-electron chi connectivity index (χ2n) is 13.5. The number of ether oxygens (including phenoxy) is 4. The van der Waals surface area contributed by atoms with Crippen LogP contribution in [0.2, 0.25) is 0 Å². The Hall–Kier alpha value is -4.18. The fourth-order valence-corrected chi connectivity index (χ4v) is 5.52. The lowest BCUT2D eigenvalue weighted by molar-refractivity contribution is 0.0688. The molecule has 2 heterocycles. The molecule has 0 aliphatic carbocycles. The van der Waals surface area contributed by atoms with Crippen LogP contribution >= 0.6 is 0 Å². The molecule has 0 saturated heterocycles. The summed E-state index contributed by atoms with van der Waals surface area (Å²) >= 11 is 0. The van der Waals surface area contributed by atoms with Crippen molar-refractivity contribution in [3.05, 3.63) is 94.0 Å². The summed E-state index contributed by atoms with van der Waals surface area (Å²) in [6, 6.07) is 20.1. The maximum atomic E-state index is 10.0. The van der Waals surface area contributed by atoms with Crippen molar-refractivity contribution in [2.24, 2.45) is 0 Å². The summed E-state index contributed by atoms with van der Waals surface area (Å²) in [6.07, 6.45) is 2.30. The van der Waals surface area contributed by atoms with Gasteiger partial charge in [0.25, 0.3) is 0 Å². The van der Waals surface area contributed by atoms with Gasteiger partial charge in [0.2, 0.25) is 23.5 Å². The summed E-state index contributed by atoms with van der Waals surface area (Å²) in [5.41, 5.74) is 7.03. The van der Waals surface area contributed by atoms with Gasteiger partial charge in [-0.3, -0.25) is 0 Å². The first-order valence-corrected chi connectivity index (χ1v) is 16.4. The molecule has 9 nitrogen and oxygen atoms in total. The Balaban J connectivity index is 1.43. The van der Waals surface area contributed by atoms with Crippen LogP contribution in [0.3, 0.4) is 0 Å². The van der Waals surface area contributed by atoms with E-state index in [9.17, 15) is 10.2 Å². The third-order valence-electron chi connectivity index (χ3n) is 8.25. The second kappa shape index (κ2) is 16.3. The molecule has 0 atom stereocenters. The second-order valence-corrected chi connectivity index (χ2v) is 13.5. The molecule has 0 unspecified atom stereocenters. The summed E-state index contributed by atoms with van der Waals surface area (Å²) < 4.78 is 23.3. The largest absolute Gasteiger partial charge is 0.481 e. The topological polar surface area (TPSA) is 115 Å². The molecule has 0 amide bonds. The van der Waals surface area contributed by atoms with E-state index in [1.807, 2.05) is 44.2 Å². The van der Waals surface area contributed by atoms with E-state index < -0.39 is 11.2 Å². The van der Waals surface area contributed by atoms with E-state index in [-0.39, 0.29) is 0 Å². The van der Waals surface area contributed by atoms with Gasteiger partial charge in [-0.2, -0.15) is 9.97 Å². The van der Waals surface area contributed by atoms with E-state index in [2.05, 4.69) is 59.5 Å². The molecule has 0 radical (unpaired) electrons. The first-order valence-electron chi connectivity index (χ1n) is 16.4. The van der Waals surface area contributed by atoms with Crippen LogP contribution in [0.15, 0.2) is 60.7 Å². The van der Waals surface area contributed by atoms with Gasteiger partial charge in [0.15, 0.2) is 0 Å². The summed E-state index contributed by atoms with van der Waals surface area (Å²) in [5, 5.41) is 23.2. The van der Waals surface area contributed by atoms with Gasteiger partial charge in [-0.05, 0) is 106 Å². The monoisotopic (exact) mass is 657 g/mol. The summed E-state index contributed by atoms with van der Waals surface area (Å²) in [6.45, 7) is 13.1. The van der Waals surface area contributed by atoms with Crippen molar-refractivity contribution in [2.75, 3.05) is 20.8 Å². The van der Waals surface area contributed by atoms with Crippen LogP contribution < -0.4 is 24.3 Å². The standard InChI is InChI=1S/C39H51N3O6/c1-26-30(23-47-34-19-17-28(36(41-34)45-7)14-11-21-38(3,4)43)12-9-15-32(26)33-16-10-13-31(27(33)2)24-48-35-20-18-29(37(42-35)46-8)22-40-25-39(5,6)44/h9-10,12-13,15-20,40,43-44H,11,14,21-25H2,1-8H3. The Morgan fingerprint density at radius 2 is 1.15 bits per heavy atom. The number of benzene rings is 2. The van der Waals surface area contributed by atoms with Gasteiger partial charge in [-0.1, -0.05) is 36.4 Å². The number of hydrogen-bond donors (Lipinski definition) is 3.